The molecule has 0 bridgehead atoms. The highest BCUT2D eigenvalue weighted by Gasteiger charge is 2.23. The maximum atomic E-state index is 12.5. The maximum absolute atomic E-state index is 12.5. The smallest absolute Gasteiger partial charge is 0.276 e. The first-order chi connectivity index (χ1) is 14.1. The second-order valence-electron chi connectivity index (χ2n) is 7.29. The Morgan fingerprint density at radius 1 is 1.28 bits per heavy atom. The van der Waals surface area contributed by atoms with Crippen molar-refractivity contribution < 1.29 is 9.53 Å². The van der Waals surface area contributed by atoms with E-state index in [1.807, 2.05) is 36.9 Å². The number of hydrogen-bond acceptors (Lipinski definition) is 5. The number of benzene rings is 1. The summed E-state index contributed by atoms with van der Waals surface area (Å²) in [6.45, 7) is 8.19. The van der Waals surface area contributed by atoms with Crippen LogP contribution in [0.1, 0.15) is 48.8 Å². The molecule has 0 saturated carbocycles. The van der Waals surface area contributed by atoms with E-state index in [0.717, 1.165) is 43.8 Å². The molecule has 2 heterocycles. The molecular weight excluding hydrogens is 366 g/mol. The summed E-state index contributed by atoms with van der Waals surface area (Å²) in [4.78, 5) is 16.7. The molecule has 1 fully saturated rings. The molecule has 0 spiro atoms. The van der Waals surface area contributed by atoms with Crippen LogP contribution in [0.5, 0.6) is 5.75 Å². The second-order valence-corrected chi connectivity index (χ2v) is 7.29. The zero-order chi connectivity index (χ0) is 20.6. The van der Waals surface area contributed by atoms with Gasteiger partial charge in [0.1, 0.15) is 5.75 Å². The number of methoxy groups -OCH3 is 1. The molecule has 7 heteroatoms. The molecule has 0 unspecified atom stereocenters. The summed E-state index contributed by atoms with van der Waals surface area (Å²) in [6.07, 6.45) is 8.31. The molecule has 0 radical (unpaired) electrons. The minimum Gasteiger partial charge on any atom is -0.497 e. The van der Waals surface area contributed by atoms with Crippen molar-refractivity contribution in [2.45, 2.75) is 32.7 Å². The number of rotatable bonds is 8. The van der Waals surface area contributed by atoms with Gasteiger partial charge in [-0.15, -0.1) is 5.10 Å². The Bertz CT molecular complexity index is 811. The average molecular weight is 398 g/mol. The minimum atomic E-state index is -0.0451. The third kappa shape index (κ3) is 5.44. The molecule has 3 rings (SSSR count). The van der Waals surface area contributed by atoms with Crippen LogP contribution < -0.4 is 4.74 Å². The SMILES string of the molecule is CCN(CC)C(=O)c1cn([C@@H]2CCCN(C/C=C/c3ccc(OC)cc3)C2)nn1. The summed E-state index contributed by atoms with van der Waals surface area (Å²) in [6, 6.07) is 8.30. The van der Waals surface area contributed by atoms with Crippen LogP contribution in [0.3, 0.4) is 0 Å². The Morgan fingerprint density at radius 3 is 2.72 bits per heavy atom. The Balaban J connectivity index is 1.56. The fraction of sp³-hybridized carbons (Fsp3) is 0.500. The zero-order valence-electron chi connectivity index (χ0n) is 17.6. The molecule has 7 nitrogen and oxygen atoms in total. The third-order valence-electron chi connectivity index (χ3n) is 5.42. The van der Waals surface area contributed by atoms with E-state index in [1.165, 1.54) is 0 Å². The Kier molecular flexibility index (Phi) is 7.41. The van der Waals surface area contributed by atoms with Gasteiger partial charge in [-0.25, -0.2) is 4.68 Å². The largest absolute Gasteiger partial charge is 0.497 e. The molecule has 1 aromatic carbocycles. The third-order valence-corrected chi connectivity index (χ3v) is 5.42. The van der Waals surface area contributed by atoms with Crippen molar-refractivity contribution in [3.63, 3.8) is 0 Å². The fourth-order valence-electron chi connectivity index (χ4n) is 3.69. The summed E-state index contributed by atoms with van der Waals surface area (Å²) >= 11 is 0. The van der Waals surface area contributed by atoms with E-state index >= 15 is 0 Å². The highest BCUT2D eigenvalue weighted by Crippen LogP contribution is 2.21. The van der Waals surface area contributed by atoms with E-state index < -0.39 is 0 Å². The van der Waals surface area contributed by atoms with E-state index in [-0.39, 0.29) is 11.9 Å². The minimum absolute atomic E-state index is 0.0451. The van der Waals surface area contributed by atoms with Crippen molar-refractivity contribution in [2.24, 2.45) is 0 Å². The summed E-state index contributed by atoms with van der Waals surface area (Å²) in [7, 11) is 1.68. The molecule has 1 amide bonds. The van der Waals surface area contributed by atoms with Crippen LogP contribution in [0, 0.1) is 0 Å². The van der Waals surface area contributed by atoms with E-state index in [0.29, 0.717) is 18.8 Å². The number of amides is 1. The van der Waals surface area contributed by atoms with Gasteiger partial charge in [-0.05, 0) is 50.9 Å². The number of carbonyl (C=O) groups is 1. The van der Waals surface area contributed by atoms with E-state index in [1.54, 1.807) is 12.0 Å². The first kappa shape index (κ1) is 21.0. The van der Waals surface area contributed by atoms with Crippen molar-refractivity contribution in [3.8, 4) is 5.75 Å². The lowest BCUT2D eigenvalue weighted by Crippen LogP contribution is -2.36. The van der Waals surface area contributed by atoms with Gasteiger partial charge >= 0.3 is 0 Å². The Hall–Kier alpha value is -2.67. The molecular formula is C22H31N5O2. The van der Waals surface area contributed by atoms with Crippen molar-refractivity contribution in [2.75, 3.05) is 39.8 Å². The van der Waals surface area contributed by atoms with Gasteiger partial charge in [-0.3, -0.25) is 9.69 Å². The van der Waals surface area contributed by atoms with Crippen LogP contribution >= 0.6 is 0 Å². The van der Waals surface area contributed by atoms with Crippen molar-refractivity contribution in [1.29, 1.82) is 0 Å². The molecule has 1 saturated heterocycles. The molecule has 0 aliphatic carbocycles. The number of ether oxygens (including phenoxy) is 1. The normalized spacial score (nSPS) is 17.6. The van der Waals surface area contributed by atoms with Gasteiger partial charge in [0.15, 0.2) is 5.69 Å². The van der Waals surface area contributed by atoms with Gasteiger partial charge in [0.2, 0.25) is 0 Å². The van der Waals surface area contributed by atoms with Gasteiger partial charge in [0, 0.05) is 26.2 Å². The van der Waals surface area contributed by atoms with Crippen LogP contribution in [0.2, 0.25) is 0 Å². The first-order valence-corrected chi connectivity index (χ1v) is 10.4. The van der Waals surface area contributed by atoms with E-state index in [4.69, 9.17) is 4.74 Å². The maximum Gasteiger partial charge on any atom is 0.276 e. The molecule has 1 atom stereocenters. The standard InChI is InChI=1S/C22H31N5O2/c1-4-26(5-2)22(28)21-17-27(24-23-21)19-9-7-15-25(16-19)14-6-8-18-10-12-20(29-3)13-11-18/h6,8,10-13,17,19H,4-5,7,9,14-16H2,1-3H3/b8-6+/t19-/m1/s1. The average Bonchev–Trinajstić information content (AvgIpc) is 3.26. The van der Waals surface area contributed by atoms with Gasteiger partial charge in [0.05, 0.1) is 19.3 Å². The Labute approximate surface area is 172 Å². The number of nitrogens with zero attached hydrogens (tertiary/aromatic N) is 5. The Morgan fingerprint density at radius 2 is 2.03 bits per heavy atom. The lowest BCUT2D eigenvalue weighted by atomic mass is 10.1. The van der Waals surface area contributed by atoms with Gasteiger partial charge in [0.25, 0.3) is 5.91 Å². The highest BCUT2D eigenvalue weighted by atomic mass is 16.5. The second kappa shape index (κ2) is 10.2. The quantitative estimate of drug-likeness (QED) is 0.685. The summed E-state index contributed by atoms with van der Waals surface area (Å²) in [5.74, 6) is 0.823. The lowest BCUT2D eigenvalue weighted by molar-refractivity contribution is 0.0767. The van der Waals surface area contributed by atoms with Gasteiger partial charge in [-0.1, -0.05) is 29.5 Å². The number of likely N-dealkylation sites (tertiary alicyclic amines) is 1. The van der Waals surface area contributed by atoms with E-state index in [9.17, 15) is 4.79 Å². The van der Waals surface area contributed by atoms with Gasteiger partial charge in [-0.2, -0.15) is 0 Å². The monoisotopic (exact) mass is 397 g/mol. The topological polar surface area (TPSA) is 63.5 Å². The molecule has 156 valence electrons. The molecule has 29 heavy (non-hydrogen) atoms. The number of carbonyl (C=O) groups excluding carboxylic acids is 1. The fourth-order valence-corrected chi connectivity index (χ4v) is 3.69. The highest BCUT2D eigenvalue weighted by molar-refractivity contribution is 5.91. The number of aromatic nitrogens is 3. The van der Waals surface area contributed by atoms with Crippen molar-refractivity contribution in [1.82, 2.24) is 24.8 Å². The lowest BCUT2D eigenvalue weighted by Gasteiger charge is -2.31. The zero-order valence-corrected chi connectivity index (χ0v) is 17.6. The van der Waals surface area contributed by atoms with Crippen LogP contribution in [-0.4, -0.2) is 70.5 Å². The van der Waals surface area contributed by atoms with Crippen LogP contribution in [-0.2, 0) is 0 Å². The number of hydrogen-bond donors (Lipinski definition) is 0. The molecule has 1 aliphatic heterocycles. The summed E-state index contributed by atoms with van der Waals surface area (Å²) in [5.41, 5.74) is 1.60. The predicted octanol–water partition coefficient (Wildman–Crippen LogP) is 3.12. The van der Waals surface area contributed by atoms with Crippen LogP contribution in [0.4, 0.5) is 0 Å². The molecule has 1 aromatic heterocycles. The summed E-state index contributed by atoms with van der Waals surface area (Å²) < 4.78 is 7.07. The first-order valence-electron chi connectivity index (χ1n) is 10.4. The summed E-state index contributed by atoms with van der Waals surface area (Å²) in [5, 5.41) is 8.38. The van der Waals surface area contributed by atoms with Crippen LogP contribution in [0.25, 0.3) is 6.08 Å². The van der Waals surface area contributed by atoms with Crippen molar-refractivity contribution >= 4 is 12.0 Å². The molecule has 0 N–H and O–H groups in total. The number of piperidine rings is 1. The molecule has 1 aliphatic rings. The van der Waals surface area contributed by atoms with Gasteiger partial charge < -0.3 is 9.64 Å². The van der Waals surface area contributed by atoms with E-state index in [2.05, 4.69) is 39.5 Å². The van der Waals surface area contributed by atoms with Crippen LogP contribution in [0.15, 0.2) is 36.5 Å². The molecule has 2 aromatic rings. The van der Waals surface area contributed by atoms with Crippen molar-refractivity contribution in [3.05, 3.63) is 47.8 Å². The predicted molar refractivity (Wildman–Crippen MR) is 114 cm³/mol.